The third-order valence-corrected chi connectivity index (χ3v) is 7.44. The van der Waals surface area contributed by atoms with E-state index in [4.69, 9.17) is 27.8 Å². The molecule has 11 heteroatoms. The predicted molar refractivity (Wildman–Crippen MR) is 173 cm³/mol. The van der Waals surface area contributed by atoms with Gasteiger partial charge in [0.1, 0.15) is 5.65 Å². The summed E-state index contributed by atoms with van der Waals surface area (Å²) in [4.78, 5) is 24.6. The highest BCUT2D eigenvalue weighted by atomic mass is 35.5. The van der Waals surface area contributed by atoms with Crippen LogP contribution in [0.4, 0.5) is 4.39 Å². The number of nitrogens with two attached hydrogens (primary N) is 2. The molecule has 0 saturated heterocycles. The van der Waals surface area contributed by atoms with E-state index in [0.717, 1.165) is 43.4 Å². The number of benzene rings is 2. The molecule has 0 spiro atoms. The van der Waals surface area contributed by atoms with Crippen LogP contribution in [0.1, 0.15) is 57.2 Å². The van der Waals surface area contributed by atoms with E-state index >= 15 is 4.39 Å². The molecule has 2 aromatic heterocycles. The van der Waals surface area contributed by atoms with Crippen molar-refractivity contribution in [1.29, 1.82) is 0 Å². The van der Waals surface area contributed by atoms with Crippen molar-refractivity contribution < 1.29 is 9.13 Å². The summed E-state index contributed by atoms with van der Waals surface area (Å²) in [7, 11) is 1.66. The Morgan fingerprint density at radius 1 is 1.23 bits per heavy atom. The lowest BCUT2D eigenvalue weighted by Gasteiger charge is -2.19. The third kappa shape index (κ3) is 8.73. The van der Waals surface area contributed by atoms with Gasteiger partial charge >= 0.3 is 5.69 Å². The zero-order valence-electron chi connectivity index (χ0n) is 25.2. The van der Waals surface area contributed by atoms with Gasteiger partial charge in [0.25, 0.3) is 0 Å². The Balaban J connectivity index is 1.55. The van der Waals surface area contributed by atoms with E-state index in [1.165, 1.54) is 4.57 Å². The van der Waals surface area contributed by atoms with E-state index in [-0.39, 0.29) is 16.6 Å². The number of aromatic nitrogens is 3. The Bertz CT molecular complexity index is 1620. The molecular formula is C32H41ClFN7O2. The number of H-pyrrole nitrogens is 1. The zero-order chi connectivity index (χ0) is 31.1. The van der Waals surface area contributed by atoms with E-state index < -0.39 is 11.5 Å². The molecule has 1 atom stereocenters. The number of hydrogen-bond acceptors (Lipinski definition) is 6. The van der Waals surface area contributed by atoms with E-state index in [1.807, 2.05) is 38.1 Å². The van der Waals surface area contributed by atoms with Crippen LogP contribution in [-0.4, -0.2) is 52.7 Å². The van der Waals surface area contributed by atoms with Gasteiger partial charge < -0.3 is 26.5 Å². The molecule has 9 nitrogen and oxygen atoms in total. The number of methoxy groups -OCH3 is 1. The molecule has 0 aliphatic carbocycles. The average molecular weight is 610 g/mol. The second-order valence-corrected chi connectivity index (χ2v) is 12.0. The molecule has 0 radical (unpaired) electrons. The van der Waals surface area contributed by atoms with Crippen LogP contribution < -0.4 is 22.5 Å². The number of fused-ring (bicyclic) bond motifs is 1. The molecule has 0 bridgehead atoms. The monoisotopic (exact) mass is 609 g/mol. The van der Waals surface area contributed by atoms with Gasteiger partial charge in [-0.15, -0.1) is 0 Å². The number of halogens is 2. The van der Waals surface area contributed by atoms with Crippen molar-refractivity contribution in [3.8, 4) is 16.9 Å². The summed E-state index contributed by atoms with van der Waals surface area (Å²) in [5.41, 5.74) is 14.8. The number of hydrogen-bond donors (Lipinski definition) is 4. The predicted octanol–water partition coefficient (Wildman–Crippen LogP) is 5.28. The van der Waals surface area contributed by atoms with E-state index in [9.17, 15) is 4.79 Å². The lowest BCUT2D eigenvalue weighted by molar-refractivity contribution is 0.167. The van der Waals surface area contributed by atoms with Crippen molar-refractivity contribution in [2.45, 2.75) is 58.0 Å². The molecule has 1 unspecified atom stereocenters. The van der Waals surface area contributed by atoms with Gasteiger partial charge in [-0.2, -0.15) is 4.98 Å². The van der Waals surface area contributed by atoms with E-state index in [2.05, 4.69) is 20.3 Å². The van der Waals surface area contributed by atoms with Crippen molar-refractivity contribution in [1.82, 2.24) is 19.9 Å². The molecular weight excluding hydrogens is 569 g/mol. The van der Waals surface area contributed by atoms with E-state index in [0.29, 0.717) is 47.0 Å². The van der Waals surface area contributed by atoms with Gasteiger partial charge in [-0.25, -0.2) is 9.18 Å². The van der Waals surface area contributed by atoms with Crippen molar-refractivity contribution in [3.05, 3.63) is 81.1 Å². The minimum atomic E-state index is -0.525. The van der Waals surface area contributed by atoms with Crippen LogP contribution in [0.2, 0.25) is 5.02 Å². The van der Waals surface area contributed by atoms with Crippen molar-refractivity contribution in [3.63, 3.8) is 0 Å². The van der Waals surface area contributed by atoms with Gasteiger partial charge in [-0.05, 0) is 94.5 Å². The molecule has 43 heavy (non-hydrogen) atoms. The maximum absolute atomic E-state index is 15.2. The SMILES string of the molecule is COCC(NCCCN=C(C)N)c1ccc(-n2cc3cc(-c4cc(CCCC(C)(C)N)cc(Cl)c4F)[nH]c3nc2=O)cc1. The van der Waals surface area contributed by atoms with Gasteiger partial charge in [0.05, 0.1) is 34.9 Å². The van der Waals surface area contributed by atoms with Crippen molar-refractivity contribution >= 4 is 28.5 Å². The molecule has 2 aromatic carbocycles. The fraction of sp³-hybridized carbons (Fsp3) is 0.406. The summed E-state index contributed by atoms with van der Waals surface area (Å²) in [6, 6.07) is 12.9. The van der Waals surface area contributed by atoms with Crippen LogP contribution in [0.3, 0.4) is 0 Å². The maximum Gasteiger partial charge on any atom is 0.354 e. The number of aryl methyl sites for hydroxylation is 1. The number of nitrogens with one attached hydrogen (secondary N) is 2. The summed E-state index contributed by atoms with van der Waals surface area (Å²) < 4.78 is 22.0. The summed E-state index contributed by atoms with van der Waals surface area (Å²) in [6.07, 6.45) is 4.95. The Hall–Kier alpha value is -3.57. The Morgan fingerprint density at radius 3 is 2.65 bits per heavy atom. The summed E-state index contributed by atoms with van der Waals surface area (Å²) >= 11 is 6.27. The summed E-state index contributed by atoms with van der Waals surface area (Å²) in [5, 5.41) is 4.20. The minimum Gasteiger partial charge on any atom is -0.388 e. The number of nitrogens with zero attached hydrogens (tertiary/aromatic N) is 3. The topological polar surface area (TPSA) is 136 Å². The standard InChI is InChI=1S/C32H41ClFN7O2/c1-20(35)37-13-6-14-38-28(19-43-4)22-8-10-24(11-9-22)41-18-23-17-27(39-30(23)40-31(41)42)25-15-21(16-26(33)29(25)34)7-5-12-32(2,3)36/h8-11,15-18,28,38H,5-7,12-14,19,36H2,1-4H3,(H2,35,37)(H,39,40,42). The number of aromatic amines is 1. The molecule has 230 valence electrons. The second-order valence-electron chi connectivity index (χ2n) is 11.6. The lowest BCUT2D eigenvalue weighted by Crippen LogP contribution is -2.31. The zero-order valence-corrected chi connectivity index (χ0v) is 26.0. The highest BCUT2D eigenvalue weighted by Crippen LogP contribution is 2.31. The summed E-state index contributed by atoms with van der Waals surface area (Å²) in [5.74, 6) is 0.0512. The molecule has 0 aliphatic heterocycles. The molecule has 4 aromatic rings. The fourth-order valence-electron chi connectivity index (χ4n) is 4.98. The maximum atomic E-state index is 15.2. The normalized spacial score (nSPS) is 13.1. The van der Waals surface area contributed by atoms with Gasteiger partial charge in [-0.1, -0.05) is 23.7 Å². The molecule has 0 fully saturated rings. The van der Waals surface area contributed by atoms with E-state index in [1.54, 1.807) is 38.4 Å². The fourth-order valence-corrected chi connectivity index (χ4v) is 5.22. The highest BCUT2D eigenvalue weighted by Gasteiger charge is 2.17. The number of rotatable bonds is 14. The average Bonchev–Trinajstić information content (AvgIpc) is 3.35. The largest absolute Gasteiger partial charge is 0.388 e. The first-order valence-electron chi connectivity index (χ1n) is 14.4. The molecule has 2 heterocycles. The van der Waals surface area contributed by atoms with Gasteiger partial charge in [0.2, 0.25) is 0 Å². The van der Waals surface area contributed by atoms with Gasteiger partial charge in [0, 0.05) is 36.3 Å². The quantitative estimate of drug-likeness (QED) is 0.0872. The number of ether oxygens (including phenoxy) is 1. The van der Waals surface area contributed by atoms with Crippen LogP contribution in [0.5, 0.6) is 0 Å². The first kappa shape index (κ1) is 32.3. The lowest BCUT2D eigenvalue weighted by atomic mass is 9.96. The van der Waals surface area contributed by atoms with Gasteiger partial charge in [-0.3, -0.25) is 9.56 Å². The van der Waals surface area contributed by atoms with Crippen LogP contribution >= 0.6 is 11.6 Å². The Labute approximate surface area is 256 Å². The molecule has 6 N–H and O–H groups in total. The molecule has 0 aliphatic rings. The minimum absolute atomic E-state index is 0.0224. The first-order chi connectivity index (χ1) is 20.4. The van der Waals surface area contributed by atoms with Crippen LogP contribution in [0, 0.1) is 5.82 Å². The van der Waals surface area contributed by atoms with Crippen molar-refractivity contribution in [2.75, 3.05) is 26.8 Å². The number of aliphatic imine (C=N–C) groups is 1. The van der Waals surface area contributed by atoms with Crippen LogP contribution in [0.25, 0.3) is 28.0 Å². The number of amidine groups is 1. The van der Waals surface area contributed by atoms with Crippen LogP contribution in [-0.2, 0) is 11.2 Å². The Morgan fingerprint density at radius 2 is 1.98 bits per heavy atom. The first-order valence-corrected chi connectivity index (χ1v) is 14.8. The second kappa shape index (κ2) is 14.3. The Kier molecular flexibility index (Phi) is 10.7. The van der Waals surface area contributed by atoms with Gasteiger partial charge in [0.15, 0.2) is 5.82 Å². The summed E-state index contributed by atoms with van der Waals surface area (Å²) in [6.45, 7) is 7.65. The highest BCUT2D eigenvalue weighted by molar-refractivity contribution is 6.31. The molecule has 4 rings (SSSR count). The smallest absolute Gasteiger partial charge is 0.354 e. The van der Waals surface area contributed by atoms with Crippen LogP contribution in [0.15, 0.2) is 58.4 Å². The third-order valence-electron chi connectivity index (χ3n) is 7.17. The molecule has 0 amide bonds. The molecule has 0 saturated carbocycles. The van der Waals surface area contributed by atoms with Crippen molar-refractivity contribution in [2.24, 2.45) is 16.5 Å².